The fourth-order valence-electron chi connectivity index (χ4n) is 3.96. The highest BCUT2D eigenvalue weighted by atomic mass is 35.5. The lowest BCUT2D eigenvalue weighted by molar-refractivity contribution is -0.133. The minimum Gasteiger partial charge on any atom is -0.493 e. The second-order valence-electron chi connectivity index (χ2n) is 8.38. The highest BCUT2D eigenvalue weighted by Gasteiger charge is 2.30. The fourth-order valence-corrected chi connectivity index (χ4v) is 4.06. The molecule has 38 heavy (non-hydrogen) atoms. The summed E-state index contributed by atoms with van der Waals surface area (Å²) in [5, 5.41) is 16.3. The number of benzene rings is 2. The van der Waals surface area contributed by atoms with Crippen LogP contribution in [0.1, 0.15) is 41.4 Å². The van der Waals surface area contributed by atoms with Gasteiger partial charge in [-0.1, -0.05) is 30.7 Å². The van der Waals surface area contributed by atoms with Gasteiger partial charge in [0.2, 0.25) is 5.91 Å². The Morgan fingerprint density at radius 2 is 1.89 bits per heavy atom. The Balaban J connectivity index is 1.52. The predicted octanol–water partition coefficient (Wildman–Crippen LogP) is 5.16. The van der Waals surface area contributed by atoms with Crippen molar-refractivity contribution in [2.24, 2.45) is 11.0 Å². The summed E-state index contributed by atoms with van der Waals surface area (Å²) in [6.45, 7) is -0.891. The molecular formula is C26H24ClF2N5O4. The van der Waals surface area contributed by atoms with Crippen molar-refractivity contribution in [1.82, 2.24) is 15.2 Å². The lowest BCUT2D eigenvalue weighted by Gasteiger charge is -2.29. The maximum Gasteiger partial charge on any atom is 0.387 e. The van der Waals surface area contributed by atoms with Gasteiger partial charge < -0.3 is 14.8 Å². The molecule has 1 N–H and O–H groups in total. The van der Waals surface area contributed by atoms with Gasteiger partial charge in [-0.05, 0) is 54.4 Å². The normalized spacial score (nSPS) is 15.3. The molecule has 2 aromatic carbocycles. The largest absolute Gasteiger partial charge is 0.493 e. The van der Waals surface area contributed by atoms with E-state index in [1.807, 2.05) is 6.92 Å². The highest BCUT2D eigenvalue weighted by Crippen LogP contribution is 2.33. The third-order valence-electron chi connectivity index (χ3n) is 5.90. The van der Waals surface area contributed by atoms with Crippen molar-refractivity contribution in [3.05, 3.63) is 76.6 Å². The number of carbonyl (C=O) groups excluding carboxylic acids is 2. The van der Waals surface area contributed by atoms with Crippen molar-refractivity contribution >= 4 is 34.8 Å². The average molecular weight is 544 g/mol. The fraction of sp³-hybridized carbons (Fsp3) is 0.269. The van der Waals surface area contributed by atoms with E-state index in [1.165, 1.54) is 36.4 Å². The van der Waals surface area contributed by atoms with E-state index >= 15 is 0 Å². The van der Waals surface area contributed by atoms with Crippen molar-refractivity contribution < 1.29 is 27.8 Å². The van der Waals surface area contributed by atoms with Crippen LogP contribution in [0.15, 0.2) is 59.7 Å². The molecule has 0 bridgehead atoms. The molecule has 0 aliphatic carbocycles. The number of amides is 2. The van der Waals surface area contributed by atoms with Crippen molar-refractivity contribution in [3.8, 4) is 11.5 Å². The van der Waals surface area contributed by atoms with Gasteiger partial charge in [0, 0.05) is 23.6 Å². The number of hydrazone groups is 1. The highest BCUT2D eigenvalue weighted by molar-refractivity contribution is 6.29. The van der Waals surface area contributed by atoms with E-state index in [-0.39, 0.29) is 47.1 Å². The van der Waals surface area contributed by atoms with Gasteiger partial charge in [0.25, 0.3) is 5.91 Å². The molecule has 0 radical (unpaired) electrons. The number of carbonyl (C=O) groups is 2. The maximum atomic E-state index is 12.9. The Morgan fingerprint density at radius 1 is 1.13 bits per heavy atom. The van der Waals surface area contributed by atoms with Gasteiger partial charge in [-0.25, -0.2) is 5.01 Å². The van der Waals surface area contributed by atoms with E-state index in [0.29, 0.717) is 23.4 Å². The van der Waals surface area contributed by atoms with Crippen LogP contribution in [0, 0.1) is 5.92 Å². The second-order valence-corrected chi connectivity index (χ2v) is 8.77. The Hall–Kier alpha value is -4.12. The minimum absolute atomic E-state index is 0.108. The topological polar surface area (TPSA) is 106 Å². The van der Waals surface area contributed by atoms with Gasteiger partial charge >= 0.3 is 6.61 Å². The Morgan fingerprint density at radius 3 is 2.53 bits per heavy atom. The number of hydrogen-bond donors (Lipinski definition) is 1. The van der Waals surface area contributed by atoms with Crippen molar-refractivity contribution in [2.45, 2.75) is 32.9 Å². The molecule has 1 atom stereocenters. The summed E-state index contributed by atoms with van der Waals surface area (Å²) >= 11 is 5.70. The molecule has 4 rings (SSSR count). The number of halogens is 3. The minimum atomic E-state index is -3.01. The molecule has 9 nitrogen and oxygen atoms in total. The molecule has 0 fully saturated rings. The van der Waals surface area contributed by atoms with E-state index in [1.54, 1.807) is 30.3 Å². The standard InChI is InChI=1S/C26H24ClF2N5O4/c1-3-16-13-23(35)34(33-24(16)17-6-10-20(37-2)21(12-17)38-26(28)29)14-15-4-7-18(8-5-15)30-25(36)19-9-11-22(27)32-31-19/h4-12,16,26H,3,13-14H2,1-2H3,(H,30,36). The first-order valence-electron chi connectivity index (χ1n) is 11.7. The van der Waals surface area contributed by atoms with Gasteiger partial charge in [0.1, 0.15) is 0 Å². The third kappa shape index (κ3) is 6.41. The second kappa shape index (κ2) is 12.0. The number of ether oxygens (including phenoxy) is 2. The maximum absolute atomic E-state index is 12.9. The summed E-state index contributed by atoms with van der Waals surface area (Å²) in [7, 11) is 1.36. The molecule has 2 heterocycles. The predicted molar refractivity (Wildman–Crippen MR) is 137 cm³/mol. The summed E-state index contributed by atoms with van der Waals surface area (Å²) in [5.41, 5.74) is 2.58. The van der Waals surface area contributed by atoms with Crippen LogP contribution in [0.2, 0.25) is 5.15 Å². The van der Waals surface area contributed by atoms with Gasteiger partial charge in [-0.2, -0.15) is 13.9 Å². The van der Waals surface area contributed by atoms with Crippen LogP contribution in [-0.2, 0) is 11.3 Å². The summed E-state index contributed by atoms with van der Waals surface area (Å²) in [6.07, 6.45) is 0.866. The van der Waals surface area contributed by atoms with E-state index < -0.39 is 12.5 Å². The van der Waals surface area contributed by atoms with E-state index in [2.05, 4.69) is 25.4 Å². The number of aromatic nitrogens is 2. The first-order valence-corrected chi connectivity index (χ1v) is 12.1. The van der Waals surface area contributed by atoms with Crippen LogP contribution >= 0.6 is 11.6 Å². The van der Waals surface area contributed by atoms with Crippen LogP contribution in [0.5, 0.6) is 11.5 Å². The summed E-state index contributed by atoms with van der Waals surface area (Å²) < 4.78 is 35.6. The average Bonchev–Trinajstić information content (AvgIpc) is 2.90. The number of rotatable bonds is 9. The lowest BCUT2D eigenvalue weighted by atomic mass is 9.89. The molecular weight excluding hydrogens is 520 g/mol. The number of anilines is 1. The molecule has 2 amide bonds. The zero-order valence-electron chi connectivity index (χ0n) is 20.5. The molecule has 0 saturated carbocycles. The van der Waals surface area contributed by atoms with Crippen molar-refractivity contribution in [2.75, 3.05) is 12.4 Å². The summed E-state index contributed by atoms with van der Waals surface area (Å²) in [5.74, 6) is -0.718. The number of nitrogens with zero attached hydrogens (tertiary/aromatic N) is 4. The molecule has 3 aromatic rings. The van der Waals surface area contributed by atoms with Crippen molar-refractivity contribution in [1.29, 1.82) is 0 Å². The molecule has 1 aliphatic rings. The van der Waals surface area contributed by atoms with Crippen LogP contribution in [0.25, 0.3) is 0 Å². The van der Waals surface area contributed by atoms with E-state index in [4.69, 9.17) is 16.3 Å². The zero-order valence-corrected chi connectivity index (χ0v) is 21.3. The third-order valence-corrected chi connectivity index (χ3v) is 6.10. The van der Waals surface area contributed by atoms with Gasteiger partial charge in [-0.3, -0.25) is 9.59 Å². The first kappa shape index (κ1) is 26.9. The number of methoxy groups -OCH3 is 1. The number of alkyl halides is 2. The van der Waals surface area contributed by atoms with Gasteiger partial charge in [0.05, 0.1) is 19.4 Å². The molecule has 1 aliphatic heterocycles. The summed E-state index contributed by atoms with van der Waals surface area (Å²) in [6, 6.07) is 14.5. The zero-order chi connectivity index (χ0) is 27.2. The first-order chi connectivity index (χ1) is 18.3. The van der Waals surface area contributed by atoms with Crippen LogP contribution < -0.4 is 14.8 Å². The molecule has 1 unspecified atom stereocenters. The van der Waals surface area contributed by atoms with Crippen LogP contribution in [0.3, 0.4) is 0 Å². The molecule has 12 heteroatoms. The summed E-state index contributed by atoms with van der Waals surface area (Å²) in [4.78, 5) is 25.2. The van der Waals surface area contributed by atoms with Crippen LogP contribution in [0.4, 0.5) is 14.5 Å². The van der Waals surface area contributed by atoms with Gasteiger partial charge in [-0.15, -0.1) is 10.2 Å². The van der Waals surface area contributed by atoms with E-state index in [9.17, 15) is 18.4 Å². The van der Waals surface area contributed by atoms with E-state index in [0.717, 1.165) is 5.56 Å². The smallest absolute Gasteiger partial charge is 0.387 e. The molecule has 0 saturated heterocycles. The Kier molecular flexibility index (Phi) is 8.47. The number of nitrogens with one attached hydrogen (secondary N) is 1. The molecule has 1 aromatic heterocycles. The molecule has 0 spiro atoms. The van der Waals surface area contributed by atoms with Gasteiger partial charge in [0.15, 0.2) is 22.3 Å². The monoisotopic (exact) mass is 543 g/mol. The van der Waals surface area contributed by atoms with Crippen molar-refractivity contribution in [3.63, 3.8) is 0 Å². The number of hydrogen-bond acceptors (Lipinski definition) is 7. The van der Waals surface area contributed by atoms with Crippen LogP contribution in [-0.4, -0.2) is 46.5 Å². The molecule has 198 valence electrons. The SMILES string of the molecule is CCC1CC(=O)N(Cc2ccc(NC(=O)c3ccc(Cl)nn3)cc2)N=C1c1ccc(OC)c(OC(F)F)c1. The Bertz CT molecular complexity index is 1340. The lowest BCUT2D eigenvalue weighted by Crippen LogP contribution is -2.36. The Labute approximate surface area is 222 Å². The quantitative estimate of drug-likeness (QED) is 0.400.